The molecule has 0 radical (unpaired) electrons. The maximum absolute atomic E-state index is 10.6. The Labute approximate surface area is 84.0 Å². The highest BCUT2D eigenvalue weighted by atomic mass is 35.5. The monoisotopic (exact) mass is 205 g/mol. The minimum atomic E-state index is -0.462. The van der Waals surface area contributed by atoms with E-state index in [9.17, 15) is 4.79 Å². The van der Waals surface area contributed by atoms with Crippen LogP contribution >= 0.6 is 11.6 Å². The van der Waals surface area contributed by atoms with Crippen LogP contribution in [-0.2, 0) is 4.74 Å². The van der Waals surface area contributed by atoms with Crippen molar-refractivity contribution in [3.05, 3.63) is 0 Å². The number of hydrogen-bond donors (Lipinski definition) is 0. The molecule has 0 aromatic rings. The van der Waals surface area contributed by atoms with E-state index in [4.69, 9.17) is 16.3 Å². The van der Waals surface area contributed by atoms with Gasteiger partial charge in [0.1, 0.15) is 6.73 Å². The van der Waals surface area contributed by atoms with Gasteiger partial charge >= 0.3 is 5.37 Å². The van der Waals surface area contributed by atoms with E-state index in [0.717, 1.165) is 12.8 Å². The van der Waals surface area contributed by atoms with Gasteiger partial charge in [-0.25, -0.2) is 0 Å². The third-order valence-corrected chi connectivity index (χ3v) is 2.64. The average Bonchev–Trinajstić information content (AvgIpc) is 2.15. The number of carbonyl (C=O) groups is 1. The Morgan fingerprint density at radius 2 is 2.08 bits per heavy atom. The molecular formula is C9H16ClNO2. The minimum Gasteiger partial charge on any atom is -0.358 e. The summed E-state index contributed by atoms with van der Waals surface area (Å²) in [5.74, 6) is 0. The number of amides is 1. The number of ether oxygens (including phenoxy) is 1. The molecule has 0 atom stereocenters. The Bertz CT molecular complexity index is 169. The molecule has 0 saturated heterocycles. The standard InChI is InChI=1S/C9H16ClNO2/c1-11(9(10)12)7-13-8-5-3-2-4-6-8/h8H,2-7H2,1H3. The lowest BCUT2D eigenvalue weighted by Crippen LogP contribution is -2.28. The molecule has 0 bridgehead atoms. The molecular weight excluding hydrogens is 190 g/mol. The summed E-state index contributed by atoms with van der Waals surface area (Å²) in [6.07, 6.45) is 6.35. The molecule has 1 fully saturated rings. The molecule has 1 aliphatic carbocycles. The van der Waals surface area contributed by atoms with Crippen LogP contribution < -0.4 is 0 Å². The SMILES string of the molecule is CN(COC1CCCCC1)C(=O)Cl. The molecule has 1 rings (SSSR count). The lowest BCUT2D eigenvalue weighted by Gasteiger charge is -2.24. The first-order valence-electron chi connectivity index (χ1n) is 4.72. The molecule has 0 aromatic heterocycles. The second-order valence-electron chi connectivity index (χ2n) is 3.51. The van der Waals surface area contributed by atoms with E-state index >= 15 is 0 Å². The first-order chi connectivity index (χ1) is 6.20. The molecule has 0 aromatic carbocycles. The van der Waals surface area contributed by atoms with Gasteiger partial charge in [0.05, 0.1) is 6.10 Å². The van der Waals surface area contributed by atoms with E-state index in [2.05, 4.69) is 0 Å². The molecule has 1 amide bonds. The van der Waals surface area contributed by atoms with E-state index in [1.807, 2.05) is 0 Å². The summed E-state index contributed by atoms with van der Waals surface area (Å²) in [6, 6.07) is 0. The molecule has 0 aliphatic heterocycles. The zero-order chi connectivity index (χ0) is 9.68. The molecule has 76 valence electrons. The van der Waals surface area contributed by atoms with E-state index in [1.54, 1.807) is 7.05 Å². The van der Waals surface area contributed by atoms with Crippen molar-refractivity contribution in [2.75, 3.05) is 13.8 Å². The summed E-state index contributed by atoms with van der Waals surface area (Å²) in [5, 5.41) is -0.462. The van der Waals surface area contributed by atoms with Crippen LogP contribution in [0.2, 0.25) is 0 Å². The van der Waals surface area contributed by atoms with Crippen LogP contribution in [0.15, 0.2) is 0 Å². The summed E-state index contributed by atoms with van der Waals surface area (Å²) in [7, 11) is 1.64. The Hall–Kier alpha value is -0.280. The van der Waals surface area contributed by atoms with E-state index in [-0.39, 0.29) is 0 Å². The van der Waals surface area contributed by atoms with Crippen molar-refractivity contribution in [2.24, 2.45) is 0 Å². The van der Waals surface area contributed by atoms with Gasteiger partial charge in [-0.1, -0.05) is 19.3 Å². The highest BCUT2D eigenvalue weighted by molar-refractivity contribution is 6.62. The predicted molar refractivity (Wildman–Crippen MR) is 51.8 cm³/mol. The van der Waals surface area contributed by atoms with E-state index in [1.165, 1.54) is 24.2 Å². The fourth-order valence-corrected chi connectivity index (χ4v) is 1.55. The van der Waals surface area contributed by atoms with Gasteiger partial charge in [0.2, 0.25) is 0 Å². The molecule has 0 spiro atoms. The Morgan fingerprint density at radius 1 is 1.46 bits per heavy atom. The third-order valence-electron chi connectivity index (χ3n) is 2.36. The molecule has 0 heterocycles. The van der Waals surface area contributed by atoms with Crippen molar-refractivity contribution < 1.29 is 9.53 Å². The minimum absolute atomic E-state index is 0.312. The lowest BCUT2D eigenvalue weighted by atomic mass is 9.98. The van der Waals surface area contributed by atoms with Crippen molar-refractivity contribution in [1.29, 1.82) is 0 Å². The summed E-state index contributed by atoms with van der Waals surface area (Å²) in [6.45, 7) is 0.312. The smallest absolute Gasteiger partial charge is 0.317 e. The second-order valence-corrected chi connectivity index (χ2v) is 3.83. The second kappa shape index (κ2) is 5.45. The summed E-state index contributed by atoms with van der Waals surface area (Å²) < 4.78 is 5.53. The van der Waals surface area contributed by atoms with Crippen LogP contribution in [0.5, 0.6) is 0 Å². The highest BCUT2D eigenvalue weighted by Crippen LogP contribution is 2.20. The molecule has 0 unspecified atom stereocenters. The summed E-state index contributed by atoms with van der Waals surface area (Å²) in [5.41, 5.74) is 0. The largest absolute Gasteiger partial charge is 0.358 e. The topological polar surface area (TPSA) is 29.5 Å². The third kappa shape index (κ3) is 3.96. The molecule has 0 N–H and O–H groups in total. The van der Waals surface area contributed by atoms with Crippen LogP contribution in [0.25, 0.3) is 0 Å². The first-order valence-corrected chi connectivity index (χ1v) is 5.10. The number of rotatable bonds is 3. The molecule has 3 nitrogen and oxygen atoms in total. The van der Waals surface area contributed by atoms with Gasteiger partial charge in [-0.2, -0.15) is 0 Å². The van der Waals surface area contributed by atoms with Crippen LogP contribution in [0.4, 0.5) is 4.79 Å². The number of halogens is 1. The van der Waals surface area contributed by atoms with Crippen molar-refractivity contribution in [3.63, 3.8) is 0 Å². The van der Waals surface area contributed by atoms with Gasteiger partial charge in [-0.05, 0) is 24.4 Å². The predicted octanol–water partition coefficient (Wildman–Crippen LogP) is 2.58. The van der Waals surface area contributed by atoms with E-state index in [0.29, 0.717) is 12.8 Å². The van der Waals surface area contributed by atoms with Crippen molar-refractivity contribution >= 4 is 17.0 Å². The Balaban J connectivity index is 2.13. The van der Waals surface area contributed by atoms with Crippen molar-refractivity contribution in [2.45, 2.75) is 38.2 Å². The van der Waals surface area contributed by atoms with Crippen molar-refractivity contribution in [3.8, 4) is 0 Å². The maximum atomic E-state index is 10.6. The normalized spacial score (nSPS) is 18.6. The first kappa shape index (κ1) is 10.8. The van der Waals surface area contributed by atoms with Crippen LogP contribution in [0.1, 0.15) is 32.1 Å². The fourth-order valence-electron chi connectivity index (χ4n) is 1.50. The summed E-state index contributed by atoms with van der Waals surface area (Å²) >= 11 is 5.25. The van der Waals surface area contributed by atoms with Gasteiger partial charge in [-0.15, -0.1) is 0 Å². The molecule has 4 heteroatoms. The van der Waals surface area contributed by atoms with Gasteiger partial charge < -0.3 is 9.64 Å². The van der Waals surface area contributed by atoms with Gasteiger partial charge in [0, 0.05) is 7.05 Å². The molecule has 1 saturated carbocycles. The zero-order valence-electron chi connectivity index (χ0n) is 7.96. The van der Waals surface area contributed by atoms with Gasteiger partial charge in [-0.3, -0.25) is 4.79 Å². The molecule has 13 heavy (non-hydrogen) atoms. The van der Waals surface area contributed by atoms with Gasteiger partial charge in [0.25, 0.3) is 0 Å². The van der Waals surface area contributed by atoms with Crippen LogP contribution in [0, 0.1) is 0 Å². The number of carbonyl (C=O) groups excluding carboxylic acids is 1. The molecule has 1 aliphatic rings. The van der Waals surface area contributed by atoms with Crippen LogP contribution in [-0.4, -0.2) is 30.1 Å². The summed E-state index contributed by atoms with van der Waals surface area (Å²) in [4.78, 5) is 12.0. The Kier molecular flexibility index (Phi) is 4.53. The maximum Gasteiger partial charge on any atom is 0.317 e. The fraction of sp³-hybridized carbons (Fsp3) is 0.889. The quantitative estimate of drug-likeness (QED) is 0.403. The van der Waals surface area contributed by atoms with Gasteiger partial charge in [0.15, 0.2) is 0 Å². The van der Waals surface area contributed by atoms with E-state index < -0.39 is 5.37 Å². The Morgan fingerprint density at radius 3 is 2.62 bits per heavy atom. The average molecular weight is 206 g/mol. The zero-order valence-corrected chi connectivity index (χ0v) is 8.72. The van der Waals surface area contributed by atoms with Crippen molar-refractivity contribution in [1.82, 2.24) is 4.90 Å². The lowest BCUT2D eigenvalue weighted by molar-refractivity contribution is -0.0127. The number of nitrogens with zero attached hydrogens (tertiary/aromatic N) is 1. The van der Waals surface area contributed by atoms with Crippen LogP contribution in [0.3, 0.4) is 0 Å². The number of hydrogen-bond acceptors (Lipinski definition) is 2. The highest BCUT2D eigenvalue weighted by Gasteiger charge is 2.15.